The summed E-state index contributed by atoms with van der Waals surface area (Å²) in [7, 11) is 3.05. The number of rotatable bonds is 11. The monoisotopic (exact) mass is 482 g/mol. The van der Waals surface area contributed by atoms with Gasteiger partial charge in [-0.2, -0.15) is 0 Å². The van der Waals surface area contributed by atoms with Gasteiger partial charge in [0, 0.05) is 11.1 Å². The molecule has 2 aromatic rings. The Labute approximate surface area is 206 Å². The molecular weight excluding hydrogens is 448 g/mol. The Morgan fingerprint density at radius 3 is 2.20 bits per heavy atom. The number of carbonyl (C=O) groups is 2. The molecule has 0 spiro atoms. The van der Waals surface area contributed by atoms with E-state index in [0.29, 0.717) is 48.1 Å². The van der Waals surface area contributed by atoms with Crippen molar-refractivity contribution in [1.29, 1.82) is 0 Å². The largest absolute Gasteiger partial charge is 0.872 e. The van der Waals surface area contributed by atoms with Crippen LogP contribution in [0, 0.1) is 0 Å². The molecule has 1 unspecified atom stereocenters. The zero-order valence-corrected chi connectivity index (χ0v) is 21.1. The second-order valence-corrected chi connectivity index (χ2v) is 8.25. The van der Waals surface area contributed by atoms with Crippen LogP contribution < -0.4 is 24.2 Å². The van der Waals surface area contributed by atoms with Gasteiger partial charge in [-0.25, -0.2) is 0 Å². The third-order valence-corrected chi connectivity index (χ3v) is 6.39. The molecule has 1 aliphatic rings. The van der Waals surface area contributed by atoms with E-state index in [1.807, 2.05) is 6.92 Å². The summed E-state index contributed by atoms with van der Waals surface area (Å²) in [5.74, 6) is -0.323. The standard InChI is InChI=1S/C27H34N2O6/c1-6-28(7-2)15-16-29-24(21-17-20(33-4)13-14-22(21)34-5)23(26(31)27(29)32)25(30)18-9-11-19(12-10-18)35-8-3/h9-14,17,24,30H,6-8,15-16H2,1-5H3. The summed E-state index contributed by atoms with van der Waals surface area (Å²) in [6.45, 7) is 9.28. The second-order valence-electron chi connectivity index (χ2n) is 8.25. The number of benzene rings is 2. The number of amides is 1. The molecule has 1 aliphatic heterocycles. The molecule has 0 saturated carbocycles. The molecule has 0 aromatic heterocycles. The van der Waals surface area contributed by atoms with Crippen molar-refractivity contribution in [3.8, 4) is 17.2 Å². The van der Waals surface area contributed by atoms with Crippen molar-refractivity contribution >= 4 is 17.4 Å². The van der Waals surface area contributed by atoms with Crippen LogP contribution in [-0.2, 0) is 9.59 Å². The van der Waals surface area contributed by atoms with Crippen molar-refractivity contribution in [2.45, 2.75) is 26.8 Å². The maximum atomic E-state index is 13.7. The number of carbonyl (C=O) groups excluding carboxylic acids is 2. The number of hydrogen-bond acceptors (Lipinski definition) is 6. The number of nitrogens with zero attached hydrogens (tertiary/aromatic N) is 1. The lowest BCUT2D eigenvalue weighted by molar-refractivity contribution is -0.895. The maximum absolute atomic E-state index is 13.7. The van der Waals surface area contributed by atoms with Gasteiger partial charge < -0.3 is 29.1 Å². The number of ether oxygens (including phenoxy) is 3. The molecule has 1 saturated heterocycles. The smallest absolute Gasteiger partial charge is 0.295 e. The summed E-state index contributed by atoms with van der Waals surface area (Å²) >= 11 is 0. The predicted molar refractivity (Wildman–Crippen MR) is 130 cm³/mol. The molecule has 1 atom stereocenters. The van der Waals surface area contributed by atoms with Crippen molar-refractivity contribution in [2.75, 3.05) is 47.0 Å². The Morgan fingerprint density at radius 2 is 1.63 bits per heavy atom. The first kappa shape index (κ1) is 26.1. The highest BCUT2D eigenvalue weighted by Gasteiger charge is 2.45. The van der Waals surface area contributed by atoms with E-state index >= 15 is 0 Å². The first-order valence-electron chi connectivity index (χ1n) is 11.9. The molecule has 35 heavy (non-hydrogen) atoms. The molecule has 8 heteroatoms. The predicted octanol–water partition coefficient (Wildman–Crippen LogP) is 1.25. The Balaban J connectivity index is 2.16. The van der Waals surface area contributed by atoms with Crippen LogP contribution in [0.15, 0.2) is 48.0 Å². The van der Waals surface area contributed by atoms with Gasteiger partial charge in [0.2, 0.25) is 5.78 Å². The van der Waals surface area contributed by atoms with Gasteiger partial charge in [-0.1, -0.05) is 17.9 Å². The average molecular weight is 483 g/mol. The first-order valence-corrected chi connectivity index (χ1v) is 11.9. The van der Waals surface area contributed by atoms with Crippen molar-refractivity contribution in [1.82, 2.24) is 4.90 Å². The summed E-state index contributed by atoms with van der Waals surface area (Å²) in [5, 5.41) is 13.7. The summed E-state index contributed by atoms with van der Waals surface area (Å²) in [5.41, 5.74) is 0.767. The Hall–Kier alpha value is -3.52. The van der Waals surface area contributed by atoms with Crippen LogP contribution >= 0.6 is 0 Å². The van der Waals surface area contributed by atoms with Crippen molar-refractivity contribution in [3.63, 3.8) is 0 Å². The van der Waals surface area contributed by atoms with Crippen molar-refractivity contribution < 1.29 is 33.8 Å². The summed E-state index contributed by atoms with van der Waals surface area (Å²) < 4.78 is 16.4. The molecule has 188 valence electrons. The van der Waals surface area contributed by atoms with E-state index in [0.717, 1.165) is 13.1 Å². The lowest BCUT2D eigenvalue weighted by Gasteiger charge is -2.29. The fourth-order valence-corrected chi connectivity index (χ4v) is 4.38. The number of nitrogens with one attached hydrogen (secondary N) is 1. The number of methoxy groups -OCH3 is 2. The van der Waals surface area contributed by atoms with Crippen LogP contribution in [0.4, 0.5) is 0 Å². The summed E-state index contributed by atoms with van der Waals surface area (Å²) in [6, 6.07) is 10.9. The molecule has 2 aromatic carbocycles. The fraction of sp³-hybridized carbons (Fsp3) is 0.407. The molecule has 1 fully saturated rings. The van der Waals surface area contributed by atoms with E-state index in [1.165, 1.54) is 24.0 Å². The van der Waals surface area contributed by atoms with Gasteiger partial charge in [-0.3, -0.25) is 9.59 Å². The minimum atomic E-state index is -0.880. The van der Waals surface area contributed by atoms with Crippen LogP contribution in [-0.4, -0.2) is 63.6 Å². The third kappa shape index (κ3) is 5.43. The molecule has 0 aliphatic carbocycles. The van der Waals surface area contributed by atoms with Crippen LogP contribution in [0.1, 0.15) is 37.9 Å². The third-order valence-electron chi connectivity index (χ3n) is 6.39. The van der Waals surface area contributed by atoms with Gasteiger partial charge in [0.15, 0.2) is 0 Å². The lowest BCUT2D eigenvalue weighted by atomic mass is 9.94. The van der Waals surface area contributed by atoms with Crippen LogP contribution in [0.3, 0.4) is 0 Å². The van der Waals surface area contributed by atoms with E-state index < -0.39 is 23.5 Å². The summed E-state index contributed by atoms with van der Waals surface area (Å²) in [4.78, 5) is 29.3. The molecule has 1 N–H and O–H groups in total. The number of quaternary nitrogens is 1. The number of Topliss-reactive ketones (excluding diaryl/α,β-unsaturated/α-hetero) is 1. The topological polar surface area (TPSA) is 92.6 Å². The van der Waals surface area contributed by atoms with Gasteiger partial charge in [-0.15, -0.1) is 0 Å². The Kier molecular flexibility index (Phi) is 8.76. The zero-order chi connectivity index (χ0) is 25.5. The van der Waals surface area contributed by atoms with Gasteiger partial charge in [0.05, 0.1) is 53.0 Å². The first-order chi connectivity index (χ1) is 16.9. The molecule has 0 radical (unpaired) electrons. The van der Waals surface area contributed by atoms with E-state index in [9.17, 15) is 14.7 Å². The molecule has 8 nitrogen and oxygen atoms in total. The SMILES string of the molecule is CCOc1ccc(C([O-])=C2C(=O)C(=O)N(CC[NH+](CC)CC)C2c2cc(OC)ccc2OC)cc1. The molecule has 1 heterocycles. The molecule has 1 amide bonds. The summed E-state index contributed by atoms with van der Waals surface area (Å²) in [6.07, 6.45) is 0. The van der Waals surface area contributed by atoms with E-state index in [1.54, 1.807) is 42.5 Å². The van der Waals surface area contributed by atoms with Gasteiger partial charge in [0.1, 0.15) is 17.2 Å². The zero-order valence-electron chi connectivity index (χ0n) is 21.1. The van der Waals surface area contributed by atoms with Crippen LogP contribution in [0.5, 0.6) is 17.2 Å². The van der Waals surface area contributed by atoms with Crippen molar-refractivity contribution in [3.05, 3.63) is 59.2 Å². The lowest BCUT2D eigenvalue weighted by Crippen LogP contribution is -3.12. The molecule has 0 bridgehead atoms. The number of likely N-dealkylation sites (N-methyl/N-ethyl adjacent to an activating group) is 1. The Morgan fingerprint density at radius 1 is 0.971 bits per heavy atom. The normalized spacial score (nSPS) is 17.2. The highest BCUT2D eigenvalue weighted by molar-refractivity contribution is 6.46. The van der Waals surface area contributed by atoms with Crippen LogP contribution in [0.25, 0.3) is 5.76 Å². The quantitative estimate of drug-likeness (QED) is 0.295. The van der Waals surface area contributed by atoms with Gasteiger partial charge in [-0.05, 0) is 56.7 Å². The Bertz CT molecular complexity index is 1080. The fourth-order valence-electron chi connectivity index (χ4n) is 4.38. The highest BCUT2D eigenvalue weighted by atomic mass is 16.5. The van der Waals surface area contributed by atoms with E-state index in [-0.39, 0.29) is 5.57 Å². The highest BCUT2D eigenvalue weighted by Crippen LogP contribution is 2.43. The minimum Gasteiger partial charge on any atom is -0.872 e. The number of ketones is 1. The molecular formula is C27H34N2O6. The van der Waals surface area contributed by atoms with E-state index in [2.05, 4.69) is 13.8 Å². The maximum Gasteiger partial charge on any atom is 0.295 e. The van der Waals surface area contributed by atoms with E-state index in [4.69, 9.17) is 14.2 Å². The molecule has 3 rings (SSSR count). The van der Waals surface area contributed by atoms with Crippen molar-refractivity contribution in [2.24, 2.45) is 0 Å². The van der Waals surface area contributed by atoms with Gasteiger partial charge in [0.25, 0.3) is 5.91 Å². The second kappa shape index (κ2) is 11.8. The van der Waals surface area contributed by atoms with Crippen LogP contribution in [0.2, 0.25) is 0 Å². The minimum absolute atomic E-state index is 0.0831. The number of likely N-dealkylation sites (tertiary alicyclic amines) is 1. The average Bonchev–Trinajstić information content (AvgIpc) is 3.14. The van der Waals surface area contributed by atoms with Gasteiger partial charge >= 0.3 is 0 Å². The number of hydrogen-bond donors (Lipinski definition) is 1.